The van der Waals surface area contributed by atoms with Crippen LogP contribution in [0.5, 0.6) is 5.75 Å². The molecule has 180 valence electrons. The number of piperazine rings is 1. The number of carbonyl (C=O) groups is 2. The lowest BCUT2D eigenvalue weighted by Crippen LogP contribution is -2.58. The molecule has 2 aliphatic heterocycles. The van der Waals surface area contributed by atoms with Crippen molar-refractivity contribution in [2.24, 2.45) is 5.92 Å². The zero-order valence-corrected chi connectivity index (χ0v) is 20.1. The van der Waals surface area contributed by atoms with E-state index in [0.717, 1.165) is 44.6 Å². The molecular weight excluding hydrogens is 426 g/mol. The number of rotatable bonds is 5. The van der Waals surface area contributed by atoms with Crippen LogP contribution in [0.2, 0.25) is 0 Å². The third-order valence-electron chi connectivity index (χ3n) is 7.87. The Balaban J connectivity index is 1.26. The lowest BCUT2D eigenvalue weighted by Gasteiger charge is -2.43. The number of amides is 2. The van der Waals surface area contributed by atoms with E-state index in [1.54, 1.807) is 7.11 Å². The molecule has 1 saturated heterocycles. The van der Waals surface area contributed by atoms with Gasteiger partial charge in [0.05, 0.1) is 13.2 Å². The number of ether oxygens (including phenoxy) is 1. The molecule has 34 heavy (non-hydrogen) atoms. The summed E-state index contributed by atoms with van der Waals surface area (Å²) in [7, 11) is 1.63. The molecule has 1 unspecified atom stereocenters. The summed E-state index contributed by atoms with van der Waals surface area (Å²) in [5.41, 5.74) is 3.33. The van der Waals surface area contributed by atoms with E-state index in [4.69, 9.17) is 4.74 Å². The Bertz CT molecular complexity index is 1010. The van der Waals surface area contributed by atoms with Crippen molar-refractivity contribution < 1.29 is 14.3 Å². The van der Waals surface area contributed by atoms with Gasteiger partial charge in [-0.3, -0.25) is 14.5 Å². The normalized spacial score (nSPS) is 20.1. The molecule has 0 aromatic heterocycles. The van der Waals surface area contributed by atoms with Gasteiger partial charge in [-0.15, -0.1) is 0 Å². The van der Waals surface area contributed by atoms with Crippen LogP contribution in [-0.2, 0) is 17.8 Å². The fraction of sp³-hybridized carbons (Fsp3) is 0.500. The van der Waals surface area contributed by atoms with Crippen LogP contribution in [0.15, 0.2) is 48.5 Å². The Morgan fingerprint density at radius 2 is 1.53 bits per heavy atom. The Kier molecular flexibility index (Phi) is 6.86. The molecule has 1 saturated carbocycles. The molecule has 0 N–H and O–H groups in total. The van der Waals surface area contributed by atoms with Crippen LogP contribution in [0.4, 0.5) is 0 Å². The highest BCUT2D eigenvalue weighted by molar-refractivity contribution is 5.94. The van der Waals surface area contributed by atoms with Gasteiger partial charge in [-0.1, -0.05) is 37.1 Å². The maximum atomic E-state index is 13.9. The first-order valence-electron chi connectivity index (χ1n) is 12.7. The predicted molar refractivity (Wildman–Crippen MR) is 132 cm³/mol. The van der Waals surface area contributed by atoms with Gasteiger partial charge in [-0.25, -0.2) is 0 Å². The van der Waals surface area contributed by atoms with E-state index in [-0.39, 0.29) is 17.9 Å². The van der Waals surface area contributed by atoms with E-state index in [0.29, 0.717) is 31.1 Å². The van der Waals surface area contributed by atoms with Crippen LogP contribution < -0.4 is 4.74 Å². The van der Waals surface area contributed by atoms with Crippen molar-refractivity contribution in [2.45, 2.75) is 44.7 Å². The van der Waals surface area contributed by atoms with E-state index in [9.17, 15) is 9.59 Å². The molecule has 2 aromatic rings. The largest absolute Gasteiger partial charge is 0.497 e. The minimum absolute atomic E-state index is 0.0543. The van der Waals surface area contributed by atoms with Crippen molar-refractivity contribution in [3.05, 3.63) is 65.2 Å². The standard InChI is InChI=1S/C28H35N3O3/c1-34-25-12-10-23(11-13-25)27(32)30-18-16-29(17-19-30)26(22-7-3-4-8-22)28(33)31-15-14-21-6-2-5-9-24(21)20-31/h2,5-6,9-13,22,26H,3-4,7-8,14-20H2,1H3. The minimum Gasteiger partial charge on any atom is -0.497 e. The molecule has 6 nitrogen and oxygen atoms in total. The van der Waals surface area contributed by atoms with Crippen LogP contribution in [0.1, 0.15) is 47.2 Å². The van der Waals surface area contributed by atoms with Gasteiger partial charge in [0, 0.05) is 44.8 Å². The molecule has 6 heteroatoms. The maximum Gasteiger partial charge on any atom is 0.253 e. The fourth-order valence-electron chi connectivity index (χ4n) is 5.92. The molecule has 2 heterocycles. The van der Waals surface area contributed by atoms with Crippen molar-refractivity contribution in [3.63, 3.8) is 0 Å². The molecular formula is C28H35N3O3. The number of methoxy groups -OCH3 is 1. The lowest BCUT2D eigenvalue weighted by atomic mass is 9.92. The number of hydrogen-bond donors (Lipinski definition) is 0. The number of nitrogens with zero attached hydrogens (tertiary/aromatic N) is 3. The third kappa shape index (κ3) is 4.69. The highest BCUT2D eigenvalue weighted by atomic mass is 16.5. The van der Waals surface area contributed by atoms with Gasteiger partial charge >= 0.3 is 0 Å². The van der Waals surface area contributed by atoms with Gasteiger partial charge in [0.25, 0.3) is 5.91 Å². The van der Waals surface area contributed by atoms with Gasteiger partial charge in [-0.05, 0) is 60.6 Å². The lowest BCUT2D eigenvalue weighted by molar-refractivity contribution is -0.141. The van der Waals surface area contributed by atoms with Crippen LogP contribution in [0, 0.1) is 5.92 Å². The summed E-state index contributed by atoms with van der Waals surface area (Å²) in [4.78, 5) is 33.3. The SMILES string of the molecule is COc1ccc(C(=O)N2CCN(C(C(=O)N3CCc4ccccc4C3)C3CCCC3)CC2)cc1. The summed E-state index contributed by atoms with van der Waals surface area (Å²) in [6, 6.07) is 15.7. The Hall–Kier alpha value is -2.86. The van der Waals surface area contributed by atoms with Crippen LogP contribution in [-0.4, -0.2) is 72.4 Å². The molecule has 2 aromatic carbocycles. The number of fused-ring (bicyclic) bond motifs is 1. The van der Waals surface area contributed by atoms with Gasteiger partial charge in [0.1, 0.15) is 5.75 Å². The molecule has 0 radical (unpaired) electrons. The molecule has 2 amide bonds. The van der Waals surface area contributed by atoms with Crippen LogP contribution in [0.3, 0.4) is 0 Å². The maximum absolute atomic E-state index is 13.9. The van der Waals surface area contributed by atoms with Crippen molar-refractivity contribution in [3.8, 4) is 5.75 Å². The first-order valence-corrected chi connectivity index (χ1v) is 12.7. The molecule has 3 aliphatic rings. The topological polar surface area (TPSA) is 53.1 Å². The highest BCUT2D eigenvalue weighted by Gasteiger charge is 2.40. The zero-order chi connectivity index (χ0) is 23.5. The second-order valence-corrected chi connectivity index (χ2v) is 9.82. The monoisotopic (exact) mass is 461 g/mol. The molecule has 0 spiro atoms. The molecule has 5 rings (SSSR count). The second-order valence-electron chi connectivity index (χ2n) is 9.82. The molecule has 1 atom stereocenters. The van der Waals surface area contributed by atoms with Crippen molar-refractivity contribution in [1.82, 2.24) is 14.7 Å². The first-order chi connectivity index (χ1) is 16.6. The Morgan fingerprint density at radius 1 is 0.853 bits per heavy atom. The smallest absolute Gasteiger partial charge is 0.253 e. The van der Waals surface area contributed by atoms with E-state index >= 15 is 0 Å². The van der Waals surface area contributed by atoms with E-state index in [2.05, 4.69) is 34.1 Å². The van der Waals surface area contributed by atoms with Crippen LogP contribution in [0.25, 0.3) is 0 Å². The fourth-order valence-corrected chi connectivity index (χ4v) is 5.92. The summed E-state index contributed by atoms with van der Waals surface area (Å²) >= 11 is 0. The van der Waals surface area contributed by atoms with Gasteiger partial charge in [0.15, 0.2) is 0 Å². The van der Waals surface area contributed by atoms with Crippen molar-refractivity contribution in [1.29, 1.82) is 0 Å². The zero-order valence-electron chi connectivity index (χ0n) is 20.1. The quantitative estimate of drug-likeness (QED) is 0.683. The molecule has 1 aliphatic carbocycles. The predicted octanol–water partition coefficient (Wildman–Crippen LogP) is 3.60. The average Bonchev–Trinajstić information content (AvgIpc) is 3.43. The van der Waals surface area contributed by atoms with Gasteiger partial charge in [-0.2, -0.15) is 0 Å². The number of carbonyl (C=O) groups excluding carboxylic acids is 2. The van der Waals surface area contributed by atoms with Crippen molar-refractivity contribution >= 4 is 11.8 Å². The first kappa shape index (κ1) is 22.9. The minimum atomic E-state index is -0.0639. The molecule has 2 fully saturated rings. The van der Waals surface area contributed by atoms with E-state index in [1.165, 1.54) is 24.0 Å². The second kappa shape index (κ2) is 10.2. The number of hydrogen-bond acceptors (Lipinski definition) is 4. The van der Waals surface area contributed by atoms with Gasteiger partial charge < -0.3 is 14.5 Å². The average molecular weight is 462 g/mol. The Morgan fingerprint density at radius 3 is 2.21 bits per heavy atom. The summed E-state index contributed by atoms with van der Waals surface area (Å²) in [5, 5.41) is 0. The summed E-state index contributed by atoms with van der Waals surface area (Å²) in [6.07, 6.45) is 5.63. The van der Waals surface area contributed by atoms with Gasteiger partial charge in [0.2, 0.25) is 5.91 Å². The summed E-state index contributed by atoms with van der Waals surface area (Å²) < 4.78 is 5.21. The van der Waals surface area contributed by atoms with Crippen LogP contribution >= 0.6 is 0 Å². The highest BCUT2D eigenvalue weighted by Crippen LogP contribution is 2.33. The van der Waals surface area contributed by atoms with E-state index in [1.807, 2.05) is 29.2 Å². The molecule has 0 bridgehead atoms. The number of benzene rings is 2. The summed E-state index contributed by atoms with van der Waals surface area (Å²) in [5.74, 6) is 1.52. The summed E-state index contributed by atoms with van der Waals surface area (Å²) in [6.45, 7) is 4.33. The van der Waals surface area contributed by atoms with Crippen molar-refractivity contribution in [2.75, 3.05) is 39.8 Å². The third-order valence-corrected chi connectivity index (χ3v) is 7.87. The van der Waals surface area contributed by atoms with E-state index < -0.39 is 0 Å². The Labute approximate surface area is 202 Å².